The minimum absolute atomic E-state index is 0.0876. The molecule has 0 atom stereocenters. The van der Waals surface area contributed by atoms with Crippen LogP contribution in [0.1, 0.15) is 19.4 Å². The summed E-state index contributed by atoms with van der Waals surface area (Å²) in [7, 11) is -3.64. The molecular weight excluding hydrogens is 290 g/mol. The van der Waals surface area contributed by atoms with Gasteiger partial charge in [-0.05, 0) is 44.5 Å². The van der Waals surface area contributed by atoms with Crippen LogP contribution < -0.4 is 10.5 Å². The van der Waals surface area contributed by atoms with Gasteiger partial charge in [0.25, 0.3) is 0 Å². The number of sulfonamides is 1. The first kappa shape index (κ1) is 17.6. The lowest BCUT2D eigenvalue weighted by Crippen LogP contribution is -2.38. The van der Waals surface area contributed by atoms with Crippen LogP contribution in [-0.4, -0.2) is 45.4 Å². The van der Waals surface area contributed by atoms with Gasteiger partial charge in [0.2, 0.25) is 15.9 Å². The fourth-order valence-electron chi connectivity index (χ4n) is 1.96. The second kappa shape index (κ2) is 8.11. The molecule has 0 aliphatic carbocycles. The number of likely N-dealkylation sites (N-methyl/N-ethyl adjacent to an activating group) is 1. The van der Waals surface area contributed by atoms with Crippen molar-refractivity contribution >= 4 is 15.9 Å². The highest BCUT2D eigenvalue weighted by Gasteiger charge is 2.09. The lowest BCUT2D eigenvalue weighted by atomic mass is 10.1. The summed E-state index contributed by atoms with van der Waals surface area (Å²) in [6.45, 7) is 6.31. The standard InChI is InChI=1S/C14H23N3O3S/c1-3-17(4-2)14(18)11-16-10-9-12-5-7-13(8-6-12)21(15,19)20/h5-8,16H,3-4,9-11H2,1-2H3,(H2,15,19,20). The summed E-state index contributed by atoms with van der Waals surface area (Å²) in [5.41, 5.74) is 0.991. The molecule has 0 heterocycles. The maximum absolute atomic E-state index is 11.8. The second-order valence-corrected chi connectivity index (χ2v) is 6.24. The Labute approximate surface area is 126 Å². The highest BCUT2D eigenvalue weighted by Crippen LogP contribution is 2.08. The van der Waals surface area contributed by atoms with Crippen molar-refractivity contribution in [2.24, 2.45) is 5.14 Å². The Hall–Kier alpha value is -1.44. The van der Waals surface area contributed by atoms with Gasteiger partial charge >= 0.3 is 0 Å². The number of hydrogen-bond acceptors (Lipinski definition) is 4. The van der Waals surface area contributed by atoms with Crippen molar-refractivity contribution in [2.45, 2.75) is 25.2 Å². The minimum atomic E-state index is -3.64. The molecule has 1 aromatic carbocycles. The molecule has 0 fully saturated rings. The van der Waals surface area contributed by atoms with Crippen molar-refractivity contribution in [3.8, 4) is 0 Å². The third kappa shape index (κ3) is 5.82. The Balaban J connectivity index is 2.38. The number of carbonyl (C=O) groups is 1. The lowest BCUT2D eigenvalue weighted by Gasteiger charge is -2.18. The molecule has 7 heteroatoms. The van der Waals surface area contributed by atoms with Gasteiger partial charge < -0.3 is 10.2 Å². The topological polar surface area (TPSA) is 92.5 Å². The summed E-state index contributed by atoms with van der Waals surface area (Å²) in [5.74, 6) is 0.0876. The summed E-state index contributed by atoms with van der Waals surface area (Å²) in [5, 5.41) is 8.13. The van der Waals surface area contributed by atoms with Gasteiger partial charge in [0.15, 0.2) is 0 Å². The number of rotatable bonds is 8. The number of primary sulfonamides is 1. The van der Waals surface area contributed by atoms with E-state index in [0.717, 1.165) is 12.0 Å². The van der Waals surface area contributed by atoms with Crippen LogP contribution in [0.4, 0.5) is 0 Å². The summed E-state index contributed by atoms with van der Waals surface area (Å²) < 4.78 is 22.2. The number of nitrogens with one attached hydrogen (secondary N) is 1. The number of amides is 1. The maximum atomic E-state index is 11.8. The molecule has 21 heavy (non-hydrogen) atoms. The summed E-state index contributed by atoms with van der Waals surface area (Å²) in [6, 6.07) is 6.44. The molecule has 0 aromatic heterocycles. The van der Waals surface area contributed by atoms with Gasteiger partial charge in [-0.1, -0.05) is 12.1 Å². The fourth-order valence-corrected chi connectivity index (χ4v) is 2.48. The van der Waals surface area contributed by atoms with Crippen molar-refractivity contribution in [2.75, 3.05) is 26.2 Å². The number of benzene rings is 1. The van der Waals surface area contributed by atoms with E-state index in [4.69, 9.17) is 5.14 Å². The predicted octanol–water partition coefficient (Wildman–Crippen LogP) is 0.335. The van der Waals surface area contributed by atoms with E-state index in [1.807, 2.05) is 13.8 Å². The largest absolute Gasteiger partial charge is 0.342 e. The van der Waals surface area contributed by atoms with Crippen molar-refractivity contribution in [3.63, 3.8) is 0 Å². The van der Waals surface area contributed by atoms with Gasteiger partial charge in [-0.15, -0.1) is 0 Å². The van der Waals surface area contributed by atoms with Crippen LogP contribution in [0, 0.1) is 0 Å². The highest BCUT2D eigenvalue weighted by atomic mass is 32.2. The maximum Gasteiger partial charge on any atom is 0.238 e. The van der Waals surface area contributed by atoms with E-state index in [0.29, 0.717) is 26.2 Å². The third-order valence-electron chi connectivity index (χ3n) is 3.23. The number of nitrogens with two attached hydrogens (primary N) is 1. The van der Waals surface area contributed by atoms with Gasteiger partial charge in [-0.3, -0.25) is 4.79 Å². The Bertz CT molecular complexity index is 551. The van der Waals surface area contributed by atoms with E-state index < -0.39 is 10.0 Å². The molecule has 6 nitrogen and oxygen atoms in total. The molecule has 0 aliphatic rings. The first-order chi connectivity index (χ1) is 9.88. The molecule has 0 saturated heterocycles. The monoisotopic (exact) mass is 313 g/mol. The van der Waals surface area contributed by atoms with Crippen LogP contribution in [0.15, 0.2) is 29.2 Å². The highest BCUT2D eigenvalue weighted by molar-refractivity contribution is 7.89. The molecule has 0 unspecified atom stereocenters. The average Bonchev–Trinajstić information content (AvgIpc) is 2.44. The van der Waals surface area contributed by atoms with Crippen LogP contribution in [0.25, 0.3) is 0 Å². The minimum Gasteiger partial charge on any atom is -0.342 e. The number of nitrogens with zero attached hydrogens (tertiary/aromatic N) is 1. The first-order valence-corrected chi connectivity index (χ1v) is 8.53. The first-order valence-electron chi connectivity index (χ1n) is 6.98. The van der Waals surface area contributed by atoms with E-state index in [1.165, 1.54) is 12.1 Å². The normalized spacial score (nSPS) is 11.4. The average molecular weight is 313 g/mol. The second-order valence-electron chi connectivity index (χ2n) is 4.68. The molecular formula is C14H23N3O3S. The molecule has 0 spiro atoms. The molecule has 118 valence electrons. The molecule has 1 amide bonds. The Morgan fingerprint density at radius 3 is 2.24 bits per heavy atom. The molecule has 0 bridgehead atoms. The van der Waals surface area contributed by atoms with Crippen molar-refractivity contribution < 1.29 is 13.2 Å². The molecule has 0 aliphatic heterocycles. The zero-order valence-electron chi connectivity index (χ0n) is 12.5. The van der Waals surface area contributed by atoms with Crippen LogP contribution in [0.2, 0.25) is 0 Å². The molecule has 0 radical (unpaired) electrons. The van der Waals surface area contributed by atoms with Gasteiger partial charge in [-0.2, -0.15) is 0 Å². The van der Waals surface area contributed by atoms with Gasteiger partial charge in [0.1, 0.15) is 0 Å². The molecule has 3 N–H and O–H groups in total. The Kier molecular flexibility index (Phi) is 6.80. The predicted molar refractivity (Wildman–Crippen MR) is 82.3 cm³/mol. The van der Waals surface area contributed by atoms with Gasteiger partial charge in [0.05, 0.1) is 11.4 Å². The third-order valence-corrected chi connectivity index (χ3v) is 4.16. The molecule has 0 saturated carbocycles. The Morgan fingerprint density at radius 2 is 1.76 bits per heavy atom. The number of carbonyl (C=O) groups excluding carboxylic acids is 1. The van der Waals surface area contributed by atoms with Crippen molar-refractivity contribution in [1.29, 1.82) is 0 Å². The zero-order chi connectivity index (χ0) is 15.9. The van der Waals surface area contributed by atoms with E-state index >= 15 is 0 Å². The lowest BCUT2D eigenvalue weighted by molar-refractivity contribution is -0.129. The van der Waals surface area contributed by atoms with Crippen molar-refractivity contribution in [1.82, 2.24) is 10.2 Å². The van der Waals surface area contributed by atoms with Crippen LogP contribution in [-0.2, 0) is 21.2 Å². The van der Waals surface area contributed by atoms with Gasteiger partial charge in [-0.25, -0.2) is 13.6 Å². The van der Waals surface area contributed by atoms with E-state index in [9.17, 15) is 13.2 Å². The van der Waals surface area contributed by atoms with Crippen LogP contribution in [0.5, 0.6) is 0 Å². The van der Waals surface area contributed by atoms with E-state index in [-0.39, 0.29) is 10.8 Å². The fraction of sp³-hybridized carbons (Fsp3) is 0.500. The quantitative estimate of drug-likeness (QED) is 0.677. The van der Waals surface area contributed by atoms with Crippen LogP contribution in [0.3, 0.4) is 0 Å². The van der Waals surface area contributed by atoms with Crippen LogP contribution >= 0.6 is 0 Å². The Morgan fingerprint density at radius 1 is 1.19 bits per heavy atom. The zero-order valence-corrected chi connectivity index (χ0v) is 13.3. The SMILES string of the molecule is CCN(CC)C(=O)CNCCc1ccc(S(N)(=O)=O)cc1. The van der Waals surface area contributed by atoms with E-state index in [1.54, 1.807) is 17.0 Å². The smallest absolute Gasteiger partial charge is 0.238 e. The van der Waals surface area contributed by atoms with Crippen molar-refractivity contribution in [3.05, 3.63) is 29.8 Å². The molecule has 1 aromatic rings. The van der Waals surface area contributed by atoms with E-state index in [2.05, 4.69) is 5.32 Å². The summed E-state index contributed by atoms with van der Waals surface area (Å²) in [4.78, 5) is 13.6. The molecule has 1 rings (SSSR count). The summed E-state index contributed by atoms with van der Waals surface area (Å²) in [6.07, 6.45) is 0.719. The number of hydrogen-bond donors (Lipinski definition) is 2. The van der Waals surface area contributed by atoms with Gasteiger partial charge in [0, 0.05) is 13.1 Å². The summed E-state index contributed by atoms with van der Waals surface area (Å²) >= 11 is 0.